The minimum absolute atomic E-state index is 0.207. The van der Waals surface area contributed by atoms with E-state index in [9.17, 15) is 8.60 Å². The van der Waals surface area contributed by atoms with E-state index in [2.05, 4.69) is 5.32 Å². The van der Waals surface area contributed by atoms with Crippen LogP contribution in [0.4, 0.5) is 15.8 Å². The molecule has 0 aliphatic carbocycles. The molecule has 3 N–H and O–H groups in total. The van der Waals surface area contributed by atoms with Gasteiger partial charge in [-0.2, -0.15) is 0 Å². The Bertz CT molecular complexity index is 472. The number of nitrogen functional groups attached to an aromatic ring is 1. The minimum Gasteiger partial charge on any atom is -0.491 e. The van der Waals surface area contributed by atoms with Gasteiger partial charge in [-0.15, -0.1) is 0 Å². The van der Waals surface area contributed by atoms with Crippen molar-refractivity contribution in [1.82, 2.24) is 0 Å². The number of benzene rings is 1. The van der Waals surface area contributed by atoms with Crippen LogP contribution < -0.4 is 15.8 Å². The molecule has 0 amide bonds. The van der Waals surface area contributed by atoms with Gasteiger partial charge in [0, 0.05) is 40.5 Å². The first-order valence-electron chi connectivity index (χ1n) is 6.43. The fourth-order valence-corrected chi connectivity index (χ4v) is 3.42. The molecule has 0 unspecified atom stereocenters. The van der Waals surface area contributed by atoms with Gasteiger partial charge in [0.25, 0.3) is 0 Å². The van der Waals surface area contributed by atoms with Crippen LogP contribution in [-0.4, -0.2) is 28.4 Å². The Morgan fingerprint density at radius 2 is 2.16 bits per heavy atom. The highest BCUT2D eigenvalue weighted by atomic mass is 32.2. The van der Waals surface area contributed by atoms with Gasteiger partial charge in [0.2, 0.25) is 0 Å². The Morgan fingerprint density at radius 1 is 1.47 bits per heavy atom. The summed E-state index contributed by atoms with van der Waals surface area (Å²) < 4.78 is 30.1. The summed E-state index contributed by atoms with van der Waals surface area (Å²) in [6, 6.07) is 3.11. The molecule has 6 heteroatoms. The fraction of sp³-hybridized carbons (Fsp3) is 0.538. The van der Waals surface area contributed by atoms with Crippen LogP contribution in [0.2, 0.25) is 0 Å². The lowest BCUT2D eigenvalue weighted by Crippen LogP contribution is -2.29. The summed E-state index contributed by atoms with van der Waals surface area (Å²) in [5.74, 6) is 1.17. The number of nitrogens with one attached hydrogen (secondary N) is 1. The maximum atomic E-state index is 13.6. The van der Waals surface area contributed by atoms with Crippen LogP contribution in [0.15, 0.2) is 12.1 Å². The standard InChI is InChI=1S/C13H19FN2O2S/c1-2-18-13-8-12(11(15)7-10(13)14)16-9-3-5-19(17)6-4-9/h7-9,16H,2-6,15H2,1H3. The maximum Gasteiger partial charge on any atom is 0.167 e. The second-order valence-electron chi connectivity index (χ2n) is 4.57. The van der Waals surface area contributed by atoms with E-state index in [-0.39, 0.29) is 11.8 Å². The zero-order chi connectivity index (χ0) is 13.8. The van der Waals surface area contributed by atoms with Gasteiger partial charge in [-0.05, 0) is 19.8 Å². The molecule has 0 saturated carbocycles. The average molecular weight is 286 g/mol. The van der Waals surface area contributed by atoms with E-state index in [0.717, 1.165) is 12.8 Å². The van der Waals surface area contributed by atoms with Crippen LogP contribution in [0, 0.1) is 5.82 Å². The highest BCUT2D eigenvalue weighted by Gasteiger charge is 2.19. The molecule has 1 aliphatic rings. The molecule has 0 atom stereocenters. The predicted octanol–water partition coefficient (Wildman–Crippen LogP) is 2.13. The molecule has 2 rings (SSSR count). The molecular weight excluding hydrogens is 267 g/mol. The van der Waals surface area contributed by atoms with Crippen molar-refractivity contribution in [2.24, 2.45) is 0 Å². The van der Waals surface area contributed by atoms with E-state index in [1.165, 1.54) is 6.07 Å². The van der Waals surface area contributed by atoms with Crippen LogP contribution in [0.1, 0.15) is 19.8 Å². The van der Waals surface area contributed by atoms with E-state index < -0.39 is 16.6 Å². The molecule has 0 aromatic heterocycles. The second-order valence-corrected chi connectivity index (χ2v) is 6.27. The molecule has 0 bridgehead atoms. The lowest BCUT2D eigenvalue weighted by atomic mass is 10.1. The largest absolute Gasteiger partial charge is 0.491 e. The van der Waals surface area contributed by atoms with Crippen molar-refractivity contribution in [2.45, 2.75) is 25.8 Å². The van der Waals surface area contributed by atoms with Gasteiger partial charge in [0.15, 0.2) is 11.6 Å². The van der Waals surface area contributed by atoms with Crippen LogP contribution >= 0.6 is 0 Å². The summed E-state index contributed by atoms with van der Waals surface area (Å²) in [5, 5.41) is 3.29. The third-order valence-electron chi connectivity index (χ3n) is 3.15. The third-order valence-corrected chi connectivity index (χ3v) is 4.53. The summed E-state index contributed by atoms with van der Waals surface area (Å²) in [7, 11) is -0.691. The van der Waals surface area contributed by atoms with Gasteiger partial charge in [-0.3, -0.25) is 4.21 Å². The van der Waals surface area contributed by atoms with E-state index in [0.29, 0.717) is 29.5 Å². The average Bonchev–Trinajstić information content (AvgIpc) is 2.38. The van der Waals surface area contributed by atoms with E-state index in [1.54, 1.807) is 13.0 Å². The summed E-state index contributed by atoms with van der Waals surface area (Å²) in [6.45, 7) is 2.21. The first kappa shape index (κ1) is 14.1. The van der Waals surface area contributed by atoms with Crippen molar-refractivity contribution in [3.05, 3.63) is 17.9 Å². The molecule has 106 valence electrons. The van der Waals surface area contributed by atoms with Crippen LogP contribution in [-0.2, 0) is 10.8 Å². The molecule has 1 fully saturated rings. The van der Waals surface area contributed by atoms with Crippen molar-refractivity contribution in [1.29, 1.82) is 0 Å². The first-order valence-corrected chi connectivity index (χ1v) is 7.92. The summed E-state index contributed by atoms with van der Waals surface area (Å²) >= 11 is 0. The minimum atomic E-state index is -0.691. The fourth-order valence-electron chi connectivity index (χ4n) is 2.12. The number of hydrogen-bond donors (Lipinski definition) is 2. The zero-order valence-corrected chi connectivity index (χ0v) is 11.8. The highest BCUT2D eigenvalue weighted by molar-refractivity contribution is 7.85. The maximum absolute atomic E-state index is 13.6. The van der Waals surface area contributed by atoms with Gasteiger partial charge in [0.1, 0.15) is 0 Å². The first-order chi connectivity index (χ1) is 9.10. The van der Waals surface area contributed by atoms with Gasteiger partial charge in [-0.1, -0.05) is 0 Å². The molecule has 0 spiro atoms. The Balaban J connectivity index is 2.10. The van der Waals surface area contributed by atoms with Gasteiger partial charge in [-0.25, -0.2) is 4.39 Å². The zero-order valence-electron chi connectivity index (χ0n) is 10.9. The number of rotatable bonds is 4. The molecule has 19 heavy (non-hydrogen) atoms. The van der Waals surface area contributed by atoms with Gasteiger partial charge >= 0.3 is 0 Å². The lowest BCUT2D eigenvalue weighted by Gasteiger charge is -2.24. The predicted molar refractivity (Wildman–Crippen MR) is 76.5 cm³/mol. The molecule has 1 aromatic rings. The summed E-state index contributed by atoms with van der Waals surface area (Å²) in [6.07, 6.45) is 1.68. The molecule has 1 aromatic carbocycles. The molecule has 1 saturated heterocycles. The molecule has 4 nitrogen and oxygen atoms in total. The molecule has 0 radical (unpaired) electrons. The highest BCUT2D eigenvalue weighted by Crippen LogP contribution is 2.29. The van der Waals surface area contributed by atoms with Crippen molar-refractivity contribution in [3.63, 3.8) is 0 Å². The number of ether oxygens (including phenoxy) is 1. The van der Waals surface area contributed by atoms with Crippen molar-refractivity contribution < 1.29 is 13.3 Å². The molecule has 1 aliphatic heterocycles. The van der Waals surface area contributed by atoms with E-state index in [1.807, 2.05) is 0 Å². The number of anilines is 2. The second kappa shape index (κ2) is 6.23. The molecule has 1 heterocycles. The third kappa shape index (κ3) is 3.59. The lowest BCUT2D eigenvalue weighted by molar-refractivity contribution is 0.322. The Labute approximate surface area is 115 Å². The summed E-state index contributed by atoms with van der Waals surface area (Å²) in [4.78, 5) is 0. The normalized spacial score (nSPS) is 23.1. The number of nitrogens with two attached hydrogens (primary N) is 1. The quantitative estimate of drug-likeness (QED) is 0.832. The summed E-state index contributed by atoms with van der Waals surface area (Å²) in [5.41, 5.74) is 6.86. The van der Waals surface area contributed by atoms with Crippen molar-refractivity contribution in [2.75, 3.05) is 29.2 Å². The number of halogens is 1. The topological polar surface area (TPSA) is 64.3 Å². The van der Waals surface area contributed by atoms with Crippen LogP contribution in [0.3, 0.4) is 0 Å². The molecular formula is C13H19FN2O2S. The number of hydrogen-bond acceptors (Lipinski definition) is 4. The monoisotopic (exact) mass is 286 g/mol. The van der Waals surface area contributed by atoms with Gasteiger partial charge in [0.05, 0.1) is 18.0 Å². The smallest absolute Gasteiger partial charge is 0.167 e. The Hall–Kier alpha value is -1.30. The van der Waals surface area contributed by atoms with Crippen molar-refractivity contribution in [3.8, 4) is 5.75 Å². The SMILES string of the molecule is CCOc1cc(NC2CCS(=O)CC2)c(N)cc1F. The Morgan fingerprint density at radius 3 is 2.79 bits per heavy atom. The van der Waals surface area contributed by atoms with Crippen LogP contribution in [0.5, 0.6) is 5.75 Å². The van der Waals surface area contributed by atoms with Gasteiger partial charge < -0.3 is 15.8 Å². The van der Waals surface area contributed by atoms with E-state index in [4.69, 9.17) is 10.5 Å². The Kier molecular flexibility index (Phi) is 4.63. The van der Waals surface area contributed by atoms with Crippen molar-refractivity contribution >= 4 is 22.2 Å². The van der Waals surface area contributed by atoms with Crippen LogP contribution in [0.25, 0.3) is 0 Å². The van der Waals surface area contributed by atoms with E-state index >= 15 is 0 Å².